The van der Waals surface area contributed by atoms with Crippen molar-refractivity contribution in [1.82, 2.24) is 4.90 Å². The third kappa shape index (κ3) is 4.16. The summed E-state index contributed by atoms with van der Waals surface area (Å²) in [5.41, 5.74) is 7.08. The summed E-state index contributed by atoms with van der Waals surface area (Å²) in [6, 6.07) is 8.67. The maximum Gasteiger partial charge on any atom is 0.191 e. The van der Waals surface area contributed by atoms with Crippen molar-refractivity contribution in [3.8, 4) is 5.75 Å². The van der Waals surface area contributed by atoms with E-state index in [1.807, 2.05) is 25.2 Å². The van der Waals surface area contributed by atoms with E-state index in [9.17, 15) is 0 Å². The second-order valence-electron chi connectivity index (χ2n) is 5.05. The van der Waals surface area contributed by atoms with Crippen LogP contribution in [-0.2, 0) is 0 Å². The fourth-order valence-corrected chi connectivity index (χ4v) is 1.92. The average Bonchev–Trinajstić information content (AvgIpc) is 3.23. The minimum atomic E-state index is 0.618. The summed E-state index contributed by atoms with van der Waals surface area (Å²) in [6.07, 6.45) is 3.36. The molecule has 1 saturated carbocycles. The van der Waals surface area contributed by atoms with Gasteiger partial charge in [0.25, 0.3) is 0 Å². The molecule has 104 valence electrons. The number of benzene rings is 1. The molecule has 4 nitrogen and oxygen atoms in total. The van der Waals surface area contributed by atoms with Gasteiger partial charge in [0.2, 0.25) is 0 Å². The van der Waals surface area contributed by atoms with Gasteiger partial charge in [-0.25, -0.2) is 0 Å². The molecule has 2 N–H and O–H groups in total. The Balaban J connectivity index is 1.66. The van der Waals surface area contributed by atoms with Gasteiger partial charge in [0.05, 0.1) is 6.61 Å². The first-order valence-electron chi connectivity index (χ1n) is 6.89. The zero-order valence-corrected chi connectivity index (χ0v) is 11.8. The van der Waals surface area contributed by atoms with E-state index in [1.165, 1.54) is 18.4 Å². The van der Waals surface area contributed by atoms with Crippen LogP contribution in [0.15, 0.2) is 29.3 Å². The van der Waals surface area contributed by atoms with Crippen molar-refractivity contribution in [2.24, 2.45) is 10.7 Å². The quantitative estimate of drug-likeness (QED) is 0.485. The number of ether oxygens (including phenoxy) is 1. The van der Waals surface area contributed by atoms with Crippen LogP contribution in [0.4, 0.5) is 0 Å². The van der Waals surface area contributed by atoms with Crippen LogP contribution >= 0.6 is 0 Å². The van der Waals surface area contributed by atoms with Crippen molar-refractivity contribution < 1.29 is 4.74 Å². The standard InChI is InChI=1S/C15H23N3O/c1-12-6-3-4-7-14(12)19-11-5-10-17-15(16)18(2)13-8-9-13/h3-4,6-7,13H,5,8-11H2,1-2H3,(H2,16,17). The molecule has 0 amide bonds. The molecule has 1 aliphatic rings. The molecular formula is C15H23N3O. The number of guanidine groups is 1. The molecule has 0 spiro atoms. The first-order valence-corrected chi connectivity index (χ1v) is 6.89. The van der Waals surface area contributed by atoms with Crippen LogP contribution in [0, 0.1) is 6.92 Å². The van der Waals surface area contributed by atoms with E-state index in [1.54, 1.807) is 0 Å². The average molecular weight is 261 g/mol. The molecule has 1 fully saturated rings. The van der Waals surface area contributed by atoms with Gasteiger partial charge in [0.15, 0.2) is 5.96 Å². The second-order valence-corrected chi connectivity index (χ2v) is 5.05. The largest absolute Gasteiger partial charge is 0.493 e. The van der Waals surface area contributed by atoms with Crippen molar-refractivity contribution in [2.45, 2.75) is 32.2 Å². The number of nitrogens with zero attached hydrogens (tertiary/aromatic N) is 2. The van der Waals surface area contributed by atoms with Crippen molar-refractivity contribution in [2.75, 3.05) is 20.2 Å². The predicted octanol–water partition coefficient (Wildman–Crippen LogP) is 2.17. The van der Waals surface area contributed by atoms with Crippen LogP contribution in [0.5, 0.6) is 5.75 Å². The van der Waals surface area contributed by atoms with E-state index in [0.29, 0.717) is 18.6 Å². The lowest BCUT2D eigenvalue weighted by atomic mass is 10.2. The number of aryl methyl sites for hydroxylation is 1. The summed E-state index contributed by atoms with van der Waals surface area (Å²) >= 11 is 0. The number of hydrogen-bond acceptors (Lipinski definition) is 2. The molecular weight excluding hydrogens is 238 g/mol. The van der Waals surface area contributed by atoms with E-state index in [2.05, 4.69) is 22.9 Å². The lowest BCUT2D eigenvalue weighted by Gasteiger charge is -2.16. The van der Waals surface area contributed by atoms with Crippen molar-refractivity contribution in [3.05, 3.63) is 29.8 Å². The minimum absolute atomic E-state index is 0.618. The van der Waals surface area contributed by atoms with Gasteiger partial charge in [-0.15, -0.1) is 0 Å². The molecule has 1 aliphatic carbocycles. The smallest absolute Gasteiger partial charge is 0.191 e. The van der Waals surface area contributed by atoms with Crippen LogP contribution in [0.25, 0.3) is 0 Å². The molecule has 0 saturated heterocycles. The van der Waals surface area contributed by atoms with Gasteiger partial charge >= 0.3 is 0 Å². The molecule has 2 rings (SSSR count). The van der Waals surface area contributed by atoms with Gasteiger partial charge in [-0.3, -0.25) is 4.99 Å². The topological polar surface area (TPSA) is 50.9 Å². The molecule has 1 aromatic rings. The van der Waals surface area contributed by atoms with Crippen molar-refractivity contribution in [1.29, 1.82) is 0 Å². The first-order chi connectivity index (χ1) is 9.18. The van der Waals surface area contributed by atoms with Crippen LogP contribution < -0.4 is 10.5 Å². The summed E-state index contributed by atoms with van der Waals surface area (Å²) in [5.74, 6) is 1.60. The second kappa shape index (κ2) is 6.45. The fourth-order valence-electron chi connectivity index (χ4n) is 1.92. The lowest BCUT2D eigenvalue weighted by Crippen LogP contribution is -2.35. The maximum absolute atomic E-state index is 5.91. The van der Waals surface area contributed by atoms with Crippen LogP contribution in [-0.4, -0.2) is 37.1 Å². The molecule has 0 aliphatic heterocycles. The highest BCUT2D eigenvalue weighted by atomic mass is 16.5. The summed E-state index contributed by atoms with van der Waals surface area (Å²) in [6.45, 7) is 3.44. The van der Waals surface area contributed by atoms with Gasteiger partial charge in [-0.05, 0) is 31.4 Å². The third-order valence-electron chi connectivity index (χ3n) is 3.38. The van der Waals surface area contributed by atoms with Gasteiger partial charge < -0.3 is 15.4 Å². The zero-order valence-electron chi connectivity index (χ0n) is 11.8. The van der Waals surface area contributed by atoms with Gasteiger partial charge in [-0.1, -0.05) is 18.2 Å². The summed E-state index contributed by atoms with van der Waals surface area (Å²) in [7, 11) is 2.01. The van der Waals surface area contributed by atoms with E-state index >= 15 is 0 Å². The van der Waals surface area contributed by atoms with Crippen LogP contribution in [0.1, 0.15) is 24.8 Å². The highest BCUT2D eigenvalue weighted by molar-refractivity contribution is 5.78. The predicted molar refractivity (Wildman–Crippen MR) is 78.6 cm³/mol. The third-order valence-corrected chi connectivity index (χ3v) is 3.38. The Morgan fingerprint density at radius 3 is 2.84 bits per heavy atom. The number of rotatable bonds is 6. The van der Waals surface area contributed by atoms with Gasteiger partial charge in [0.1, 0.15) is 5.75 Å². The van der Waals surface area contributed by atoms with E-state index in [-0.39, 0.29) is 0 Å². The summed E-state index contributed by atoms with van der Waals surface area (Å²) < 4.78 is 5.72. The van der Waals surface area contributed by atoms with E-state index < -0.39 is 0 Å². The SMILES string of the molecule is Cc1ccccc1OCCCN=C(N)N(C)C1CC1. The Labute approximate surface area is 115 Å². The Morgan fingerprint density at radius 2 is 2.16 bits per heavy atom. The fraction of sp³-hybridized carbons (Fsp3) is 0.533. The maximum atomic E-state index is 5.91. The number of para-hydroxylation sites is 1. The Morgan fingerprint density at radius 1 is 1.42 bits per heavy atom. The number of nitrogens with two attached hydrogens (primary N) is 1. The molecule has 1 aromatic carbocycles. The van der Waals surface area contributed by atoms with Crippen molar-refractivity contribution >= 4 is 5.96 Å². The number of hydrogen-bond donors (Lipinski definition) is 1. The van der Waals surface area contributed by atoms with Gasteiger partial charge in [-0.2, -0.15) is 0 Å². The molecule has 19 heavy (non-hydrogen) atoms. The Kier molecular flexibility index (Phi) is 4.66. The summed E-state index contributed by atoms with van der Waals surface area (Å²) in [4.78, 5) is 6.45. The summed E-state index contributed by atoms with van der Waals surface area (Å²) in [5, 5.41) is 0. The van der Waals surface area contributed by atoms with Crippen LogP contribution in [0.3, 0.4) is 0 Å². The molecule has 4 heteroatoms. The Bertz CT molecular complexity index is 441. The van der Waals surface area contributed by atoms with Crippen LogP contribution in [0.2, 0.25) is 0 Å². The molecule has 0 unspecified atom stereocenters. The first kappa shape index (κ1) is 13.7. The zero-order chi connectivity index (χ0) is 13.7. The van der Waals surface area contributed by atoms with E-state index in [0.717, 1.165) is 18.7 Å². The van der Waals surface area contributed by atoms with Gasteiger partial charge in [0, 0.05) is 26.1 Å². The lowest BCUT2D eigenvalue weighted by molar-refractivity contribution is 0.311. The normalized spacial score (nSPS) is 15.4. The molecule has 0 heterocycles. The molecule has 0 atom stereocenters. The highest BCUT2D eigenvalue weighted by Gasteiger charge is 2.27. The van der Waals surface area contributed by atoms with Crippen molar-refractivity contribution in [3.63, 3.8) is 0 Å². The van der Waals surface area contributed by atoms with E-state index in [4.69, 9.17) is 10.5 Å². The highest BCUT2D eigenvalue weighted by Crippen LogP contribution is 2.24. The molecule has 0 radical (unpaired) electrons. The Hall–Kier alpha value is -1.71. The number of aliphatic imine (C=N–C) groups is 1. The molecule has 0 bridgehead atoms. The minimum Gasteiger partial charge on any atom is -0.493 e. The monoisotopic (exact) mass is 261 g/mol. The molecule has 0 aromatic heterocycles.